The predicted molar refractivity (Wildman–Crippen MR) is 98.4 cm³/mol. The summed E-state index contributed by atoms with van der Waals surface area (Å²) in [6.45, 7) is 3.93. The molecule has 0 saturated heterocycles. The van der Waals surface area contributed by atoms with Gasteiger partial charge in [-0.25, -0.2) is 14.2 Å². The first-order valence-corrected chi connectivity index (χ1v) is 8.52. The van der Waals surface area contributed by atoms with Crippen molar-refractivity contribution in [2.75, 3.05) is 0 Å². The summed E-state index contributed by atoms with van der Waals surface area (Å²) in [5.41, 5.74) is 1.93. The van der Waals surface area contributed by atoms with Crippen molar-refractivity contribution in [3.63, 3.8) is 0 Å². The van der Waals surface area contributed by atoms with Gasteiger partial charge in [0.15, 0.2) is 11.6 Å². The molecule has 5 heteroatoms. The Morgan fingerprint density at radius 1 is 1.15 bits per heavy atom. The van der Waals surface area contributed by atoms with Crippen molar-refractivity contribution < 1.29 is 18.7 Å². The minimum atomic E-state index is -0.471. The Morgan fingerprint density at radius 3 is 2.62 bits per heavy atom. The van der Waals surface area contributed by atoms with E-state index in [0.717, 1.165) is 16.9 Å². The first-order chi connectivity index (χ1) is 12.5. The molecule has 0 radical (unpaired) electrons. The van der Waals surface area contributed by atoms with Crippen LogP contribution in [0.25, 0.3) is 6.08 Å². The second-order valence-electron chi connectivity index (χ2n) is 6.29. The molecule has 0 spiro atoms. The van der Waals surface area contributed by atoms with Crippen LogP contribution in [-0.4, -0.2) is 18.0 Å². The number of rotatable bonds is 6. The Hall–Kier alpha value is -2.95. The molecule has 0 fully saturated rings. The number of benzene rings is 2. The summed E-state index contributed by atoms with van der Waals surface area (Å²) < 4.78 is 24.0. The number of halogens is 1. The number of aliphatic imine (C=N–C) groups is 1. The molecule has 0 saturated carbocycles. The molecule has 1 aliphatic rings. The highest BCUT2D eigenvalue weighted by Gasteiger charge is 2.22. The van der Waals surface area contributed by atoms with Crippen molar-refractivity contribution in [2.24, 2.45) is 4.99 Å². The normalized spacial score (nSPS) is 15.3. The Kier molecular flexibility index (Phi) is 5.46. The maximum absolute atomic E-state index is 13.2. The Bertz CT molecular complexity index is 854. The van der Waals surface area contributed by atoms with Crippen molar-refractivity contribution in [3.05, 3.63) is 71.2 Å². The van der Waals surface area contributed by atoms with E-state index in [-0.39, 0.29) is 17.6 Å². The van der Waals surface area contributed by atoms with E-state index in [0.29, 0.717) is 18.7 Å². The molecule has 0 atom stereocenters. The van der Waals surface area contributed by atoms with E-state index in [1.54, 1.807) is 12.1 Å². The van der Waals surface area contributed by atoms with Crippen LogP contribution in [-0.2, 0) is 16.0 Å². The van der Waals surface area contributed by atoms with Gasteiger partial charge in [0.2, 0.25) is 0 Å². The molecule has 0 amide bonds. The summed E-state index contributed by atoms with van der Waals surface area (Å²) in [6.07, 6.45) is 2.78. The zero-order valence-electron chi connectivity index (χ0n) is 14.7. The molecule has 1 aliphatic heterocycles. The predicted octanol–water partition coefficient (Wildman–Crippen LogP) is 4.54. The Labute approximate surface area is 152 Å². The molecule has 0 aliphatic carbocycles. The summed E-state index contributed by atoms with van der Waals surface area (Å²) >= 11 is 0. The first-order valence-electron chi connectivity index (χ1n) is 8.52. The van der Waals surface area contributed by atoms with Crippen LogP contribution in [0.3, 0.4) is 0 Å². The van der Waals surface area contributed by atoms with Gasteiger partial charge in [0.25, 0.3) is 0 Å². The van der Waals surface area contributed by atoms with Crippen molar-refractivity contribution in [3.8, 4) is 5.75 Å². The van der Waals surface area contributed by atoms with Gasteiger partial charge in [0.1, 0.15) is 11.6 Å². The number of nitrogens with zero attached hydrogens (tertiary/aromatic N) is 1. The smallest absolute Gasteiger partial charge is 0.363 e. The lowest BCUT2D eigenvalue weighted by Gasteiger charge is -2.09. The van der Waals surface area contributed by atoms with Gasteiger partial charge < -0.3 is 9.47 Å². The highest BCUT2D eigenvalue weighted by atomic mass is 19.1. The molecule has 1 heterocycles. The van der Waals surface area contributed by atoms with E-state index in [1.807, 2.05) is 44.2 Å². The second kappa shape index (κ2) is 7.95. The number of carbonyl (C=O) groups excluding carboxylic acids is 1. The average Bonchev–Trinajstić information content (AvgIpc) is 2.94. The Balaban J connectivity index is 1.66. The van der Waals surface area contributed by atoms with Crippen LogP contribution in [0.1, 0.15) is 31.4 Å². The minimum Gasteiger partial charge on any atom is -0.491 e. The summed E-state index contributed by atoms with van der Waals surface area (Å²) in [4.78, 5) is 16.2. The van der Waals surface area contributed by atoms with Crippen LogP contribution in [0.2, 0.25) is 0 Å². The van der Waals surface area contributed by atoms with Gasteiger partial charge in [-0.1, -0.05) is 24.3 Å². The van der Waals surface area contributed by atoms with E-state index >= 15 is 0 Å². The zero-order chi connectivity index (χ0) is 18.5. The van der Waals surface area contributed by atoms with E-state index in [1.165, 1.54) is 12.1 Å². The van der Waals surface area contributed by atoms with Crippen molar-refractivity contribution in [1.29, 1.82) is 0 Å². The summed E-state index contributed by atoms with van der Waals surface area (Å²) in [7, 11) is 0. The van der Waals surface area contributed by atoms with Gasteiger partial charge in [-0.15, -0.1) is 0 Å². The van der Waals surface area contributed by atoms with Gasteiger partial charge in [-0.2, -0.15) is 0 Å². The molecule has 0 unspecified atom stereocenters. The lowest BCUT2D eigenvalue weighted by atomic mass is 10.1. The second-order valence-corrected chi connectivity index (χ2v) is 6.29. The molecule has 26 heavy (non-hydrogen) atoms. The van der Waals surface area contributed by atoms with E-state index in [9.17, 15) is 9.18 Å². The van der Waals surface area contributed by atoms with Crippen molar-refractivity contribution in [2.45, 2.75) is 32.8 Å². The number of ether oxygens (including phenoxy) is 2. The lowest BCUT2D eigenvalue weighted by molar-refractivity contribution is -0.130. The van der Waals surface area contributed by atoms with Gasteiger partial charge in [0.05, 0.1) is 6.10 Å². The van der Waals surface area contributed by atoms with Crippen molar-refractivity contribution >= 4 is 17.9 Å². The fraction of sp³-hybridized carbons (Fsp3) is 0.238. The Morgan fingerprint density at radius 2 is 1.92 bits per heavy atom. The zero-order valence-corrected chi connectivity index (χ0v) is 14.7. The molecule has 3 rings (SSSR count). The minimum absolute atomic E-state index is 0.106. The van der Waals surface area contributed by atoms with Gasteiger partial charge in [0, 0.05) is 6.42 Å². The van der Waals surface area contributed by atoms with E-state index in [2.05, 4.69) is 4.99 Å². The van der Waals surface area contributed by atoms with Crippen LogP contribution < -0.4 is 4.74 Å². The van der Waals surface area contributed by atoms with Crippen LogP contribution in [0.5, 0.6) is 5.75 Å². The quantitative estimate of drug-likeness (QED) is 0.566. The highest BCUT2D eigenvalue weighted by molar-refractivity contribution is 6.07. The maximum atomic E-state index is 13.2. The number of hydrogen-bond acceptors (Lipinski definition) is 4. The summed E-state index contributed by atoms with van der Waals surface area (Å²) in [5, 5.41) is 0. The fourth-order valence-corrected chi connectivity index (χ4v) is 2.58. The molecule has 134 valence electrons. The molecule has 0 N–H and O–H groups in total. The molecule has 2 aromatic rings. The van der Waals surface area contributed by atoms with Crippen LogP contribution in [0.4, 0.5) is 4.39 Å². The molecular formula is C21H20FNO3. The fourth-order valence-electron chi connectivity index (χ4n) is 2.58. The highest BCUT2D eigenvalue weighted by Crippen LogP contribution is 2.20. The number of aryl methyl sites for hydroxylation is 1. The third kappa shape index (κ3) is 4.79. The molecular weight excluding hydrogens is 333 g/mol. The van der Waals surface area contributed by atoms with Crippen molar-refractivity contribution in [1.82, 2.24) is 0 Å². The maximum Gasteiger partial charge on any atom is 0.363 e. The van der Waals surface area contributed by atoms with Gasteiger partial charge in [-0.05, 0) is 61.7 Å². The van der Waals surface area contributed by atoms with Crippen LogP contribution >= 0.6 is 0 Å². The molecule has 4 nitrogen and oxygen atoms in total. The molecule has 0 bridgehead atoms. The first kappa shape index (κ1) is 17.9. The third-order valence-electron chi connectivity index (χ3n) is 3.74. The average molecular weight is 353 g/mol. The van der Waals surface area contributed by atoms with E-state index in [4.69, 9.17) is 9.47 Å². The number of esters is 1. The lowest BCUT2D eigenvalue weighted by Crippen LogP contribution is -2.05. The SMILES string of the molecule is CC(C)Oc1ccc(/C=C2/N=C(CCc3cccc(F)c3)OC2=O)cc1. The van der Waals surface area contributed by atoms with Gasteiger partial charge >= 0.3 is 5.97 Å². The third-order valence-corrected chi connectivity index (χ3v) is 3.74. The topological polar surface area (TPSA) is 47.9 Å². The van der Waals surface area contributed by atoms with E-state index < -0.39 is 5.97 Å². The number of carbonyl (C=O) groups is 1. The molecule has 0 aromatic heterocycles. The van der Waals surface area contributed by atoms with Crippen LogP contribution in [0.15, 0.2) is 59.2 Å². The van der Waals surface area contributed by atoms with Gasteiger partial charge in [-0.3, -0.25) is 0 Å². The van der Waals surface area contributed by atoms with Crippen LogP contribution in [0, 0.1) is 5.82 Å². The molecule has 2 aromatic carbocycles. The number of hydrogen-bond donors (Lipinski definition) is 0. The largest absolute Gasteiger partial charge is 0.491 e. The summed E-state index contributed by atoms with van der Waals surface area (Å²) in [6, 6.07) is 13.8. The number of cyclic esters (lactones) is 1. The summed E-state index contributed by atoms with van der Waals surface area (Å²) in [5.74, 6) is 0.376. The standard InChI is InChI=1S/C21H20FNO3/c1-14(2)25-18-9-6-16(7-10-18)13-19-21(24)26-20(23-19)11-8-15-4-3-5-17(22)12-15/h3-7,9-10,12-14H,8,11H2,1-2H3/b19-13+. The monoisotopic (exact) mass is 353 g/mol.